The van der Waals surface area contributed by atoms with Gasteiger partial charge in [0.05, 0.1) is 26.3 Å². The van der Waals surface area contributed by atoms with Crippen molar-refractivity contribution in [2.45, 2.75) is 94.5 Å². The summed E-state index contributed by atoms with van der Waals surface area (Å²) in [5.41, 5.74) is 6.89. The molecule has 8 rings (SSSR count). The maximum Gasteiger partial charge on any atom is 0.407 e. The molecule has 3 aliphatic heterocycles. The molecule has 6 atom stereocenters. The van der Waals surface area contributed by atoms with Gasteiger partial charge in [0.1, 0.15) is 24.2 Å². The number of hydrogen-bond acceptors (Lipinski definition) is 9. The third kappa shape index (κ3) is 10.9. The zero-order valence-corrected chi connectivity index (χ0v) is 40.0. The van der Waals surface area contributed by atoms with Crippen molar-refractivity contribution >= 4 is 52.9 Å². The average molecular weight is 948 g/mol. The van der Waals surface area contributed by atoms with Crippen LogP contribution in [-0.4, -0.2) is 85.0 Å². The van der Waals surface area contributed by atoms with Gasteiger partial charge in [-0.15, -0.1) is 0 Å². The molecular weight excluding hydrogens is 887 g/mol. The molecule has 70 heavy (non-hydrogen) atoms. The van der Waals surface area contributed by atoms with E-state index in [2.05, 4.69) is 64.3 Å². The second-order valence-electron chi connectivity index (χ2n) is 18.3. The molecule has 3 aliphatic rings. The van der Waals surface area contributed by atoms with Gasteiger partial charge in [-0.25, -0.2) is 9.59 Å². The number of nitrogens with one attached hydrogen (secondary N) is 4. The van der Waals surface area contributed by atoms with Crippen LogP contribution in [0.2, 0.25) is 0 Å². The van der Waals surface area contributed by atoms with Crippen molar-refractivity contribution in [2.24, 2.45) is 0 Å². The Morgan fingerprint density at radius 1 is 0.500 bits per heavy atom. The van der Waals surface area contributed by atoms with Crippen molar-refractivity contribution < 1.29 is 38.2 Å². The Labute approximate surface area is 408 Å². The quantitative estimate of drug-likeness (QED) is 0.0846. The molecular formula is C55H61N7O8. The highest BCUT2D eigenvalue weighted by Gasteiger charge is 2.41. The molecule has 3 saturated heterocycles. The first kappa shape index (κ1) is 48.8. The lowest BCUT2D eigenvalue weighted by atomic mass is 10.0. The standard InChI is InChI=1S/C55H61N7O8/c1-35(2)36-23-29-43(30-24-36)62-44(37-19-25-41(26-20-37)56-50(63)46-17-11-33-60(46)52(65)48(58-54(67)69-3)39-13-7-5-8-14-39)31-32-45(62)38-21-27-42(28-22-38)57-51(64)47-18-12-34-61(47)53(66)49(59-55(68)70-4)40-15-9-6-10-16-40/h5-10,13-16,19-30,35,44-49H,11-12,17-18,31-34H2,1-4H3,(H,56,63)(H,57,64)(H,58,67)(H,59,68)/t44?,45?,46-,47-,48-,49-/m0/s1. The van der Waals surface area contributed by atoms with Gasteiger partial charge in [-0.05, 0) is 109 Å². The monoisotopic (exact) mass is 947 g/mol. The third-order valence-electron chi connectivity index (χ3n) is 13.7. The van der Waals surface area contributed by atoms with Gasteiger partial charge in [0, 0.05) is 30.2 Å². The van der Waals surface area contributed by atoms with E-state index in [0.29, 0.717) is 67.2 Å². The number of carbonyl (C=O) groups is 6. The van der Waals surface area contributed by atoms with Crippen LogP contribution in [0.3, 0.4) is 0 Å². The number of anilines is 3. The molecule has 364 valence electrons. The van der Waals surface area contributed by atoms with E-state index < -0.39 is 36.4 Å². The van der Waals surface area contributed by atoms with E-state index in [1.807, 2.05) is 60.7 Å². The summed E-state index contributed by atoms with van der Waals surface area (Å²) in [6.07, 6.45) is 2.52. The largest absolute Gasteiger partial charge is 0.453 e. The van der Waals surface area contributed by atoms with Crippen LogP contribution in [0.15, 0.2) is 133 Å². The number of rotatable bonds is 14. The number of methoxy groups -OCH3 is 2. The Morgan fingerprint density at radius 2 is 0.900 bits per heavy atom. The van der Waals surface area contributed by atoms with E-state index in [0.717, 1.165) is 29.7 Å². The number of nitrogens with zero attached hydrogens (tertiary/aromatic N) is 3. The Kier molecular flexibility index (Phi) is 15.4. The summed E-state index contributed by atoms with van der Waals surface area (Å²) >= 11 is 0. The molecule has 0 saturated carbocycles. The van der Waals surface area contributed by atoms with Crippen molar-refractivity contribution in [3.05, 3.63) is 161 Å². The summed E-state index contributed by atoms with van der Waals surface area (Å²) in [7, 11) is 2.48. The number of hydrogen-bond donors (Lipinski definition) is 4. The van der Waals surface area contributed by atoms with Crippen molar-refractivity contribution in [1.29, 1.82) is 0 Å². The first-order valence-corrected chi connectivity index (χ1v) is 24.0. The van der Waals surface area contributed by atoms with Gasteiger partial charge in [-0.1, -0.05) is 111 Å². The molecule has 0 bridgehead atoms. The Balaban J connectivity index is 0.958. The zero-order chi connectivity index (χ0) is 49.3. The van der Waals surface area contributed by atoms with E-state index in [1.54, 1.807) is 58.3 Å². The predicted octanol–water partition coefficient (Wildman–Crippen LogP) is 8.95. The summed E-state index contributed by atoms with van der Waals surface area (Å²) in [5.74, 6) is -0.980. The second kappa shape index (κ2) is 22.2. The summed E-state index contributed by atoms with van der Waals surface area (Å²) in [6, 6.07) is 38.9. The first-order chi connectivity index (χ1) is 33.9. The number of amides is 6. The smallest absolute Gasteiger partial charge is 0.407 e. The molecule has 5 aromatic rings. The van der Waals surface area contributed by atoms with Gasteiger partial charge in [0.15, 0.2) is 0 Å². The lowest BCUT2D eigenvalue weighted by molar-refractivity contribution is -0.138. The number of alkyl carbamates (subject to hydrolysis) is 2. The van der Waals surface area contributed by atoms with Crippen LogP contribution in [0.4, 0.5) is 26.7 Å². The molecule has 6 amide bonds. The van der Waals surface area contributed by atoms with Gasteiger partial charge in [0.2, 0.25) is 11.8 Å². The molecule has 0 aliphatic carbocycles. The normalized spacial score (nSPS) is 19.5. The number of benzene rings is 5. The van der Waals surface area contributed by atoms with Crippen LogP contribution in [0, 0.1) is 0 Å². The summed E-state index contributed by atoms with van der Waals surface area (Å²) in [6.45, 7) is 5.11. The maximum atomic E-state index is 13.9. The molecule has 0 radical (unpaired) electrons. The van der Waals surface area contributed by atoms with Gasteiger partial charge >= 0.3 is 12.2 Å². The van der Waals surface area contributed by atoms with Crippen molar-refractivity contribution in [3.63, 3.8) is 0 Å². The predicted molar refractivity (Wildman–Crippen MR) is 267 cm³/mol. The maximum absolute atomic E-state index is 13.9. The van der Waals surface area contributed by atoms with E-state index in [9.17, 15) is 28.8 Å². The van der Waals surface area contributed by atoms with Crippen LogP contribution in [0.5, 0.6) is 0 Å². The second-order valence-corrected chi connectivity index (χ2v) is 18.3. The Bertz CT molecular complexity index is 2470. The number of likely N-dealkylation sites (tertiary alicyclic amines) is 2. The highest BCUT2D eigenvalue weighted by molar-refractivity contribution is 6.00. The van der Waals surface area contributed by atoms with Crippen LogP contribution in [0.1, 0.15) is 110 Å². The molecule has 0 aromatic heterocycles. The molecule has 3 heterocycles. The third-order valence-corrected chi connectivity index (χ3v) is 13.7. The van der Waals surface area contributed by atoms with E-state index >= 15 is 0 Å². The molecule has 15 heteroatoms. The van der Waals surface area contributed by atoms with Gasteiger partial charge in [-0.3, -0.25) is 19.2 Å². The topological polar surface area (TPSA) is 179 Å². The minimum atomic E-state index is -1.01. The van der Waals surface area contributed by atoms with Crippen molar-refractivity contribution in [2.75, 3.05) is 42.8 Å². The highest BCUT2D eigenvalue weighted by Crippen LogP contribution is 2.47. The van der Waals surface area contributed by atoms with Gasteiger partial charge < -0.3 is 45.4 Å². The average Bonchev–Trinajstić information content (AvgIpc) is 4.19. The lowest BCUT2D eigenvalue weighted by Crippen LogP contribution is -2.48. The van der Waals surface area contributed by atoms with E-state index in [4.69, 9.17) is 9.47 Å². The molecule has 0 spiro atoms. The number of carbonyl (C=O) groups excluding carboxylic acids is 6. The fourth-order valence-corrected chi connectivity index (χ4v) is 10.0. The molecule has 3 fully saturated rings. The summed E-state index contributed by atoms with van der Waals surface area (Å²) in [5, 5.41) is 11.4. The van der Waals surface area contributed by atoms with Crippen LogP contribution < -0.4 is 26.2 Å². The minimum Gasteiger partial charge on any atom is -0.453 e. The van der Waals surface area contributed by atoms with Crippen LogP contribution in [-0.2, 0) is 28.7 Å². The van der Waals surface area contributed by atoms with Crippen molar-refractivity contribution in [3.8, 4) is 0 Å². The SMILES string of the molecule is COC(=O)N[C@H](C(=O)N1CCC[C@H]1C(=O)Nc1ccc(C2CCC(c3ccc(NC(=O)[C@@H]4CCCN4C(=O)[C@@H](NC(=O)OC)c4ccccc4)cc3)N2c2ccc(C(C)C)cc2)cc1)c1ccccc1. The fourth-order valence-electron chi connectivity index (χ4n) is 10.0. The van der Waals surface area contributed by atoms with Gasteiger partial charge in [-0.2, -0.15) is 0 Å². The molecule has 5 aromatic carbocycles. The number of ether oxygens (including phenoxy) is 2. The fraction of sp³-hybridized carbons (Fsp3) is 0.345. The van der Waals surface area contributed by atoms with Gasteiger partial charge in [0.25, 0.3) is 11.8 Å². The Morgan fingerprint density at radius 3 is 1.27 bits per heavy atom. The Hall–Kier alpha value is -7.68. The van der Waals surface area contributed by atoms with E-state index in [-0.39, 0.29) is 35.7 Å². The van der Waals surface area contributed by atoms with Crippen LogP contribution >= 0.6 is 0 Å². The molecule has 4 N–H and O–H groups in total. The summed E-state index contributed by atoms with van der Waals surface area (Å²) < 4.78 is 9.63. The highest BCUT2D eigenvalue weighted by atomic mass is 16.5. The molecule has 15 nitrogen and oxygen atoms in total. The van der Waals surface area contributed by atoms with Crippen molar-refractivity contribution in [1.82, 2.24) is 20.4 Å². The minimum absolute atomic E-state index is 0.0125. The zero-order valence-electron chi connectivity index (χ0n) is 40.0. The van der Waals surface area contributed by atoms with E-state index in [1.165, 1.54) is 19.8 Å². The van der Waals surface area contributed by atoms with Crippen LogP contribution in [0.25, 0.3) is 0 Å². The summed E-state index contributed by atoms with van der Waals surface area (Å²) in [4.78, 5) is 85.7. The molecule has 2 unspecified atom stereocenters. The lowest BCUT2D eigenvalue weighted by Gasteiger charge is -2.34. The first-order valence-electron chi connectivity index (χ1n) is 24.0.